The SMILES string of the molecule is CC(=O)Nc1ccc(CN2CC=C(c3ccc(C[C@H](NC(=O)c4c(Cl)cccc4Cl)C(=O)O)cc3)CC2)cc1. The molecule has 0 aliphatic carbocycles. The van der Waals surface area contributed by atoms with Crippen LogP contribution in [0.3, 0.4) is 0 Å². The number of carbonyl (C=O) groups excluding carboxylic acids is 2. The number of amides is 2. The van der Waals surface area contributed by atoms with Gasteiger partial charge < -0.3 is 15.7 Å². The third-order valence-electron chi connectivity index (χ3n) is 6.53. The van der Waals surface area contributed by atoms with E-state index in [0.717, 1.165) is 42.9 Å². The average Bonchev–Trinajstić information content (AvgIpc) is 2.90. The van der Waals surface area contributed by atoms with Crippen LogP contribution in [0.15, 0.2) is 72.8 Å². The summed E-state index contributed by atoms with van der Waals surface area (Å²) >= 11 is 12.2. The fourth-order valence-electron chi connectivity index (χ4n) is 4.51. The third kappa shape index (κ3) is 7.69. The molecule has 3 aromatic rings. The predicted octanol–water partition coefficient (Wildman–Crippen LogP) is 5.67. The molecule has 0 bridgehead atoms. The standard InChI is InChI=1S/C30H29Cl2N3O4/c1-19(36)33-24-11-7-21(8-12-24)18-35-15-13-23(14-16-35)22-9-5-20(6-10-22)17-27(30(38)39)34-29(37)28-25(31)3-2-4-26(28)32/h2-13,27H,14-18H2,1H3,(H,33,36)(H,34,37)(H,38,39)/t27-/m0/s1. The molecule has 1 atom stereocenters. The van der Waals surface area contributed by atoms with Crippen molar-refractivity contribution in [1.29, 1.82) is 0 Å². The molecule has 1 heterocycles. The zero-order chi connectivity index (χ0) is 27.9. The molecular weight excluding hydrogens is 537 g/mol. The molecule has 4 rings (SSSR count). The molecule has 0 unspecified atom stereocenters. The number of nitrogens with zero attached hydrogens (tertiary/aromatic N) is 1. The van der Waals surface area contributed by atoms with Crippen LogP contribution in [-0.4, -0.2) is 46.9 Å². The highest BCUT2D eigenvalue weighted by molar-refractivity contribution is 6.39. The van der Waals surface area contributed by atoms with Gasteiger partial charge in [0.2, 0.25) is 5.91 Å². The molecule has 0 saturated carbocycles. The van der Waals surface area contributed by atoms with E-state index in [1.165, 1.54) is 30.2 Å². The largest absolute Gasteiger partial charge is 0.480 e. The quantitative estimate of drug-likeness (QED) is 0.310. The number of nitrogens with one attached hydrogen (secondary N) is 2. The number of hydrogen-bond donors (Lipinski definition) is 3. The van der Waals surface area contributed by atoms with E-state index in [1.807, 2.05) is 48.5 Å². The van der Waals surface area contributed by atoms with Gasteiger partial charge in [0, 0.05) is 38.7 Å². The van der Waals surface area contributed by atoms with Crippen LogP contribution in [0.5, 0.6) is 0 Å². The Hall–Kier alpha value is -3.65. The third-order valence-corrected chi connectivity index (χ3v) is 7.16. The highest BCUT2D eigenvalue weighted by Crippen LogP contribution is 2.26. The second kappa shape index (κ2) is 12.9. The normalized spacial score (nSPS) is 14.3. The van der Waals surface area contributed by atoms with Crippen molar-refractivity contribution in [3.05, 3.63) is 105 Å². The van der Waals surface area contributed by atoms with E-state index in [2.05, 4.69) is 21.6 Å². The number of carboxylic acids is 1. The number of benzene rings is 3. The summed E-state index contributed by atoms with van der Waals surface area (Å²) < 4.78 is 0. The molecule has 3 aromatic carbocycles. The molecule has 0 fully saturated rings. The molecule has 202 valence electrons. The molecule has 1 aliphatic heterocycles. The number of rotatable bonds is 9. The van der Waals surface area contributed by atoms with Gasteiger partial charge in [0.15, 0.2) is 0 Å². The van der Waals surface area contributed by atoms with Gasteiger partial charge in [0.1, 0.15) is 6.04 Å². The maximum atomic E-state index is 12.7. The zero-order valence-corrected chi connectivity index (χ0v) is 22.9. The van der Waals surface area contributed by atoms with Gasteiger partial charge in [-0.2, -0.15) is 0 Å². The topological polar surface area (TPSA) is 98.7 Å². The monoisotopic (exact) mass is 565 g/mol. The summed E-state index contributed by atoms with van der Waals surface area (Å²) in [6.45, 7) is 4.05. The van der Waals surface area contributed by atoms with E-state index in [0.29, 0.717) is 0 Å². The fraction of sp³-hybridized carbons (Fsp3) is 0.233. The summed E-state index contributed by atoms with van der Waals surface area (Å²) in [5.41, 5.74) is 5.16. The van der Waals surface area contributed by atoms with Crippen molar-refractivity contribution < 1.29 is 19.5 Å². The number of halogens is 2. The minimum Gasteiger partial charge on any atom is -0.480 e. The van der Waals surface area contributed by atoms with Crippen molar-refractivity contribution in [2.75, 3.05) is 18.4 Å². The molecule has 3 N–H and O–H groups in total. The van der Waals surface area contributed by atoms with E-state index < -0.39 is 17.9 Å². The first-order valence-corrected chi connectivity index (χ1v) is 13.3. The zero-order valence-electron chi connectivity index (χ0n) is 21.4. The summed E-state index contributed by atoms with van der Waals surface area (Å²) in [4.78, 5) is 38.1. The molecule has 7 nitrogen and oxygen atoms in total. The second-order valence-electron chi connectivity index (χ2n) is 9.45. The molecule has 0 radical (unpaired) electrons. The maximum Gasteiger partial charge on any atom is 0.326 e. The van der Waals surface area contributed by atoms with E-state index in [1.54, 1.807) is 6.07 Å². The van der Waals surface area contributed by atoms with Gasteiger partial charge in [-0.3, -0.25) is 14.5 Å². The number of hydrogen-bond acceptors (Lipinski definition) is 4. The Balaban J connectivity index is 1.34. The Bertz CT molecular complexity index is 1370. The van der Waals surface area contributed by atoms with Crippen LogP contribution < -0.4 is 10.6 Å². The van der Waals surface area contributed by atoms with Crippen LogP contribution in [-0.2, 0) is 22.6 Å². The lowest BCUT2D eigenvalue weighted by Crippen LogP contribution is -2.42. The lowest BCUT2D eigenvalue weighted by molar-refractivity contribution is -0.139. The van der Waals surface area contributed by atoms with Crippen LogP contribution in [0, 0.1) is 0 Å². The van der Waals surface area contributed by atoms with Gasteiger partial charge in [0.05, 0.1) is 15.6 Å². The van der Waals surface area contributed by atoms with Gasteiger partial charge in [0.25, 0.3) is 5.91 Å². The Kier molecular flexibility index (Phi) is 9.41. The molecular formula is C30H29Cl2N3O4. The van der Waals surface area contributed by atoms with Crippen molar-refractivity contribution in [2.45, 2.75) is 32.4 Å². The summed E-state index contributed by atoms with van der Waals surface area (Å²) in [6.07, 6.45) is 3.24. The number of aliphatic carboxylic acids is 1. The van der Waals surface area contributed by atoms with E-state index in [-0.39, 0.29) is 27.9 Å². The van der Waals surface area contributed by atoms with E-state index in [4.69, 9.17) is 23.2 Å². The van der Waals surface area contributed by atoms with Gasteiger partial charge >= 0.3 is 5.97 Å². The molecule has 0 spiro atoms. The molecule has 0 saturated heterocycles. The molecule has 1 aliphatic rings. The van der Waals surface area contributed by atoms with Crippen molar-refractivity contribution in [3.63, 3.8) is 0 Å². The van der Waals surface area contributed by atoms with Crippen molar-refractivity contribution >= 4 is 52.2 Å². The maximum absolute atomic E-state index is 12.7. The van der Waals surface area contributed by atoms with Crippen molar-refractivity contribution in [1.82, 2.24) is 10.2 Å². The lowest BCUT2D eigenvalue weighted by Gasteiger charge is -2.26. The highest BCUT2D eigenvalue weighted by atomic mass is 35.5. The number of carbonyl (C=O) groups is 3. The molecule has 9 heteroatoms. The van der Waals surface area contributed by atoms with Crippen molar-refractivity contribution in [2.24, 2.45) is 0 Å². The average molecular weight is 566 g/mol. The van der Waals surface area contributed by atoms with Crippen LogP contribution in [0.1, 0.15) is 40.4 Å². The van der Waals surface area contributed by atoms with Gasteiger partial charge in [-0.1, -0.05) is 71.7 Å². The van der Waals surface area contributed by atoms with Gasteiger partial charge in [-0.25, -0.2) is 4.79 Å². The second-order valence-corrected chi connectivity index (χ2v) is 10.3. The smallest absolute Gasteiger partial charge is 0.326 e. The highest BCUT2D eigenvalue weighted by Gasteiger charge is 2.24. The Labute approximate surface area is 237 Å². The Morgan fingerprint density at radius 2 is 1.59 bits per heavy atom. The van der Waals surface area contributed by atoms with Crippen LogP contribution in [0.4, 0.5) is 5.69 Å². The summed E-state index contributed by atoms with van der Waals surface area (Å²) in [7, 11) is 0. The summed E-state index contributed by atoms with van der Waals surface area (Å²) in [5.74, 6) is -1.86. The lowest BCUT2D eigenvalue weighted by atomic mass is 9.96. The molecule has 0 aromatic heterocycles. The van der Waals surface area contributed by atoms with Crippen LogP contribution in [0.2, 0.25) is 10.0 Å². The van der Waals surface area contributed by atoms with Crippen LogP contribution >= 0.6 is 23.2 Å². The van der Waals surface area contributed by atoms with E-state index >= 15 is 0 Å². The predicted molar refractivity (Wildman–Crippen MR) is 154 cm³/mol. The molecule has 2 amide bonds. The number of anilines is 1. The summed E-state index contributed by atoms with van der Waals surface area (Å²) in [6, 6.07) is 19.2. The van der Waals surface area contributed by atoms with Crippen molar-refractivity contribution in [3.8, 4) is 0 Å². The minimum atomic E-state index is -1.14. The first-order valence-electron chi connectivity index (χ1n) is 12.5. The molecule has 39 heavy (non-hydrogen) atoms. The first-order chi connectivity index (χ1) is 18.7. The fourth-order valence-corrected chi connectivity index (χ4v) is 5.08. The number of carboxylic acid groups (broad SMARTS) is 1. The Morgan fingerprint density at radius 3 is 2.15 bits per heavy atom. The summed E-state index contributed by atoms with van der Waals surface area (Å²) in [5, 5.41) is 15.3. The van der Waals surface area contributed by atoms with E-state index in [9.17, 15) is 19.5 Å². The minimum absolute atomic E-state index is 0.0581. The van der Waals surface area contributed by atoms with Gasteiger partial charge in [-0.05, 0) is 52.9 Å². The Morgan fingerprint density at radius 1 is 0.949 bits per heavy atom. The van der Waals surface area contributed by atoms with Crippen LogP contribution in [0.25, 0.3) is 5.57 Å². The van der Waals surface area contributed by atoms with Gasteiger partial charge in [-0.15, -0.1) is 0 Å². The first kappa shape index (κ1) is 28.4.